The van der Waals surface area contributed by atoms with E-state index in [-0.39, 0.29) is 11.3 Å². The minimum atomic E-state index is -0.331. The molecule has 2 N–H and O–H groups in total. The monoisotopic (exact) mass is 276 g/mol. The first-order valence-corrected chi connectivity index (χ1v) is 7.14. The first kappa shape index (κ1) is 14.9. The Hall–Kier alpha value is -1.55. The number of piperidine rings is 1. The lowest BCUT2D eigenvalue weighted by molar-refractivity contribution is -0.125. The van der Waals surface area contributed by atoms with E-state index in [0.29, 0.717) is 0 Å². The molecule has 0 spiro atoms. The quantitative estimate of drug-likeness (QED) is 0.892. The third-order valence-electron chi connectivity index (χ3n) is 4.20. The van der Waals surface area contributed by atoms with Crippen LogP contribution in [0, 0.1) is 19.3 Å². The van der Waals surface area contributed by atoms with Gasteiger partial charge in [-0.2, -0.15) is 0 Å². The predicted molar refractivity (Wildman–Crippen MR) is 81.3 cm³/mol. The van der Waals surface area contributed by atoms with E-state index in [1.165, 1.54) is 0 Å². The zero-order valence-corrected chi connectivity index (χ0v) is 12.8. The molecule has 1 saturated heterocycles. The molecule has 1 heterocycles. The molecule has 4 heteroatoms. The summed E-state index contributed by atoms with van der Waals surface area (Å²) in [6, 6.07) is 3.92. The summed E-state index contributed by atoms with van der Waals surface area (Å²) in [5, 5.41) is 6.37. The fourth-order valence-corrected chi connectivity index (χ4v) is 2.80. The number of benzene rings is 1. The van der Waals surface area contributed by atoms with Crippen molar-refractivity contribution in [3.63, 3.8) is 0 Å². The molecule has 110 valence electrons. The van der Waals surface area contributed by atoms with Crippen molar-refractivity contribution in [3.05, 3.63) is 23.3 Å². The van der Waals surface area contributed by atoms with Crippen molar-refractivity contribution < 1.29 is 9.53 Å². The molecule has 1 unspecified atom stereocenters. The van der Waals surface area contributed by atoms with Gasteiger partial charge in [0.05, 0.1) is 12.5 Å². The number of aryl methyl sites for hydroxylation is 1. The van der Waals surface area contributed by atoms with Crippen LogP contribution in [-0.4, -0.2) is 26.1 Å². The second-order valence-electron chi connectivity index (χ2n) is 5.88. The molecule has 1 aliphatic rings. The standard InChI is InChI=1S/C16H24N2O2/c1-11-6-7-13(12(2)14(11)20-4)18-15(19)16(3)8-5-9-17-10-16/h6-7,17H,5,8-10H2,1-4H3,(H,18,19). The second kappa shape index (κ2) is 5.83. The SMILES string of the molecule is COc1c(C)ccc(NC(=O)C2(C)CCCNC2)c1C. The van der Waals surface area contributed by atoms with E-state index in [1.54, 1.807) is 7.11 Å². The molecule has 1 aromatic carbocycles. The summed E-state index contributed by atoms with van der Waals surface area (Å²) < 4.78 is 5.40. The Morgan fingerprint density at radius 1 is 1.40 bits per heavy atom. The van der Waals surface area contributed by atoms with Gasteiger partial charge in [-0.3, -0.25) is 4.79 Å². The Kier molecular flexibility index (Phi) is 4.33. The van der Waals surface area contributed by atoms with Crippen LogP contribution in [-0.2, 0) is 4.79 Å². The average molecular weight is 276 g/mol. The van der Waals surface area contributed by atoms with Crippen molar-refractivity contribution in [3.8, 4) is 5.75 Å². The summed E-state index contributed by atoms with van der Waals surface area (Å²) in [4.78, 5) is 12.5. The first-order valence-electron chi connectivity index (χ1n) is 7.14. The van der Waals surface area contributed by atoms with Crippen LogP contribution in [0.15, 0.2) is 12.1 Å². The zero-order valence-electron chi connectivity index (χ0n) is 12.8. The molecular weight excluding hydrogens is 252 g/mol. The molecule has 0 radical (unpaired) electrons. The van der Waals surface area contributed by atoms with Gasteiger partial charge in [-0.05, 0) is 51.8 Å². The van der Waals surface area contributed by atoms with Gasteiger partial charge in [0, 0.05) is 17.8 Å². The molecule has 4 nitrogen and oxygen atoms in total. The third-order valence-corrected chi connectivity index (χ3v) is 4.20. The highest BCUT2D eigenvalue weighted by atomic mass is 16.5. The number of carbonyl (C=O) groups is 1. The highest BCUT2D eigenvalue weighted by Crippen LogP contribution is 2.32. The Labute approximate surface area is 120 Å². The predicted octanol–water partition coefficient (Wildman–Crippen LogP) is 2.64. The Bertz CT molecular complexity index is 505. The van der Waals surface area contributed by atoms with Crippen LogP contribution in [0.1, 0.15) is 30.9 Å². The number of carbonyl (C=O) groups excluding carboxylic acids is 1. The van der Waals surface area contributed by atoms with Gasteiger partial charge in [0.2, 0.25) is 5.91 Å². The maximum atomic E-state index is 12.5. The topological polar surface area (TPSA) is 50.4 Å². The summed E-state index contributed by atoms with van der Waals surface area (Å²) in [5.41, 5.74) is 2.56. The summed E-state index contributed by atoms with van der Waals surface area (Å²) in [5.74, 6) is 0.924. The number of anilines is 1. The molecule has 2 rings (SSSR count). The molecule has 1 aromatic rings. The summed E-state index contributed by atoms with van der Waals surface area (Å²) in [6.45, 7) is 7.74. The van der Waals surface area contributed by atoms with Crippen molar-refractivity contribution in [2.75, 3.05) is 25.5 Å². The van der Waals surface area contributed by atoms with Crippen molar-refractivity contribution in [2.45, 2.75) is 33.6 Å². The van der Waals surface area contributed by atoms with Crippen LogP contribution in [0.5, 0.6) is 5.75 Å². The fourth-order valence-electron chi connectivity index (χ4n) is 2.80. The lowest BCUT2D eigenvalue weighted by atomic mass is 9.82. The average Bonchev–Trinajstić information content (AvgIpc) is 2.43. The molecule has 0 bridgehead atoms. The van der Waals surface area contributed by atoms with E-state index in [0.717, 1.165) is 48.5 Å². The highest BCUT2D eigenvalue weighted by Gasteiger charge is 2.34. The molecule has 1 atom stereocenters. The van der Waals surface area contributed by atoms with E-state index in [2.05, 4.69) is 10.6 Å². The van der Waals surface area contributed by atoms with Gasteiger partial charge in [-0.25, -0.2) is 0 Å². The van der Waals surface area contributed by atoms with E-state index in [9.17, 15) is 4.79 Å². The molecule has 20 heavy (non-hydrogen) atoms. The van der Waals surface area contributed by atoms with Gasteiger partial charge >= 0.3 is 0 Å². The first-order chi connectivity index (χ1) is 9.48. The van der Waals surface area contributed by atoms with E-state index in [1.807, 2.05) is 32.9 Å². The Morgan fingerprint density at radius 3 is 2.75 bits per heavy atom. The van der Waals surface area contributed by atoms with Crippen LogP contribution in [0.3, 0.4) is 0 Å². The summed E-state index contributed by atoms with van der Waals surface area (Å²) in [7, 11) is 1.66. The number of hydrogen-bond acceptors (Lipinski definition) is 3. The molecule has 1 fully saturated rings. The van der Waals surface area contributed by atoms with Crippen molar-refractivity contribution in [1.82, 2.24) is 5.32 Å². The Balaban J connectivity index is 2.19. The fraction of sp³-hybridized carbons (Fsp3) is 0.562. The van der Waals surface area contributed by atoms with Crippen LogP contribution in [0.25, 0.3) is 0 Å². The van der Waals surface area contributed by atoms with Crippen molar-refractivity contribution in [1.29, 1.82) is 0 Å². The van der Waals surface area contributed by atoms with E-state index >= 15 is 0 Å². The lowest BCUT2D eigenvalue weighted by Gasteiger charge is -2.32. The van der Waals surface area contributed by atoms with Crippen molar-refractivity contribution >= 4 is 11.6 Å². The van der Waals surface area contributed by atoms with Crippen molar-refractivity contribution in [2.24, 2.45) is 5.41 Å². The number of hydrogen-bond donors (Lipinski definition) is 2. The van der Waals surface area contributed by atoms with Crippen LogP contribution < -0.4 is 15.4 Å². The molecule has 0 aromatic heterocycles. The summed E-state index contributed by atoms with van der Waals surface area (Å²) >= 11 is 0. The molecule has 0 saturated carbocycles. The normalized spacial score (nSPS) is 22.4. The number of amides is 1. The van der Waals surface area contributed by atoms with Crippen LogP contribution >= 0.6 is 0 Å². The largest absolute Gasteiger partial charge is 0.496 e. The maximum Gasteiger partial charge on any atom is 0.231 e. The van der Waals surface area contributed by atoms with E-state index in [4.69, 9.17) is 4.74 Å². The number of methoxy groups -OCH3 is 1. The van der Waals surface area contributed by atoms with Gasteiger partial charge in [0.15, 0.2) is 0 Å². The molecule has 0 aliphatic carbocycles. The van der Waals surface area contributed by atoms with Gasteiger partial charge in [0.1, 0.15) is 5.75 Å². The van der Waals surface area contributed by atoms with Crippen LogP contribution in [0.2, 0.25) is 0 Å². The zero-order chi connectivity index (χ0) is 14.8. The number of ether oxygens (including phenoxy) is 1. The van der Waals surface area contributed by atoms with Gasteiger partial charge in [0.25, 0.3) is 0 Å². The maximum absolute atomic E-state index is 12.5. The highest BCUT2D eigenvalue weighted by molar-refractivity contribution is 5.96. The third kappa shape index (κ3) is 2.80. The number of nitrogens with one attached hydrogen (secondary N) is 2. The Morgan fingerprint density at radius 2 is 2.15 bits per heavy atom. The summed E-state index contributed by atoms with van der Waals surface area (Å²) in [6.07, 6.45) is 1.97. The second-order valence-corrected chi connectivity index (χ2v) is 5.88. The van der Waals surface area contributed by atoms with Gasteiger partial charge in [-0.15, -0.1) is 0 Å². The lowest BCUT2D eigenvalue weighted by Crippen LogP contribution is -2.46. The van der Waals surface area contributed by atoms with E-state index < -0.39 is 0 Å². The molecular formula is C16H24N2O2. The molecule has 1 aliphatic heterocycles. The number of rotatable bonds is 3. The minimum Gasteiger partial charge on any atom is -0.496 e. The van der Waals surface area contributed by atoms with Gasteiger partial charge in [-0.1, -0.05) is 6.07 Å². The van der Waals surface area contributed by atoms with Gasteiger partial charge < -0.3 is 15.4 Å². The smallest absolute Gasteiger partial charge is 0.231 e. The molecule has 1 amide bonds. The van der Waals surface area contributed by atoms with Crippen LogP contribution in [0.4, 0.5) is 5.69 Å². The minimum absolute atomic E-state index is 0.0821.